The lowest BCUT2D eigenvalue weighted by Crippen LogP contribution is -2.47. The van der Waals surface area contributed by atoms with Gasteiger partial charge in [-0.05, 0) is 55.3 Å². The van der Waals surface area contributed by atoms with Crippen LogP contribution in [0.5, 0.6) is 11.5 Å². The predicted octanol–water partition coefficient (Wildman–Crippen LogP) is 4.99. The number of hydrogen-bond acceptors (Lipinski definition) is 7. The number of aliphatic hydroxyl groups excluding tert-OH is 1. The zero-order valence-corrected chi connectivity index (χ0v) is 23.2. The molecule has 8 heteroatoms. The monoisotopic (exact) mass is 547 g/mol. The zero-order valence-electron chi connectivity index (χ0n) is 22.4. The highest BCUT2D eigenvalue weighted by Crippen LogP contribution is 2.46. The van der Waals surface area contributed by atoms with E-state index in [4.69, 9.17) is 9.47 Å². The van der Waals surface area contributed by atoms with E-state index in [9.17, 15) is 9.90 Å². The number of β-amino-alcohol motifs (C(OH)–C–C–N with tert-alkyl or cyclic N) is 1. The highest BCUT2D eigenvalue weighted by molar-refractivity contribution is 8.00. The molecule has 0 bridgehead atoms. The molecule has 2 heterocycles. The second-order valence-corrected chi connectivity index (χ2v) is 11.2. The van der Waals surface area contributed by atoms with Crippen molar-refractivity contribution in [2.45, 2.75) is 29.1 Å². The van der Waals surface area contributed by atoms with Gasteiger partial charge in [-0.1, -0.05) is 42.5 Å². The van der Waals surface area contributed by atoms with Crippen molar-refractivity contribution in [1.29, 1.82) is 0 Å². The van der Waals surface area contributed by atoms with E-state index in [1.165, 1.54) is 0 Å². The number of aliphatic hydroxyl groups is 1. The summed E-state index contributed by atoms with van der Waals surface area (Å²) in [6.45, 7) is 6.28. The van der Waals surface area contributed by atoms with Gasteiger partial charge in [0.25, 0.3) is 0 Å². The first-order valence-electron chi connectivity index (χ1n) is 13.7. The van der Waals surface area contributed by atoms with Crippen LogP contribution in [-0.4, -0.2) is 73.8 Å². The summed E-state index contributed by atoms with van der Waals surface area (Å²) in [5, 5.41) is 13.2. The van der Waals surface area contributed by atoms with Crippen LogP contribution in [0.15, 0.2) is 77.7 Å². The molecule has 0 aromatic heterocycles. The Morgan fingerprint density at radius 3 is 2.51 bits per heavy atom. The Bertz CT molecular complexity index is 1230. The van der Waals surface area contributed by atoms with Crippen LogP contribution in [0.3, 0.4) is 0 Å². The maximum Gasteiger partial charge on any atom is 0.242 e. The number of anilines is 1. The van der Waals surface area contributed by atoms with Gasteiger partial charge in [0.2, 0.25) is 5.91 Å². The van der Waals surface area contributed by atoms with Gasteiger partial charge >= 0.3 is 0 Å². The number of piperazine rings is 1. The van der Waals surface area contributed by atoms with Crippen LogP contribution < -0.4 is 14.8 Å². The first-order valence-corrected chi connectivity index (χ1v) is 14.5. The van der Waals surface area contributed by atoms with Crippen molar-refractivity contribution in [1.82, 2.24) is 9.80 Å². The van der Waals surface area contributed by atoms with E-state index < -0.39 is 11.4 Å². The molecule has 2 aliphatic rings. The predicted molar refractivity (Wildman–Crippen MR) is 156 cm³/mol. The summed E-state index contributed by atoms with van der Waals surface area (Å²) in [5.41, 5.74) is 2.66. The Morgan fingerprint density at radius 1 is 0.974 bits per heavy atom. The van der Waals surface area contributed by atoms with Crippen molar-refractivity contribution in [3.05, 3.63) is 83.9 Å². The van der Waals surface area contributed by atoms with Crippen molar-refractivity contribution in [3.63, 3.8) is 0 Å². The third-order valence-corrected chi connectivity index (χ3v) is 8.65. The van der Waals surface area contributed by atoms with Gasteiger partial charge in [0.1, 0.15) is 16.7 Å². The van der Waals surface area contributed by atoms with Gasteiger partial charge in [0.15, 0.2) is 0 Å². The van der Waals surface area contributed by atoms with E-state index in [1.54, 1.807) is 18.9 Å². The fraction of sp³-hybridized carbons (Fsp3) is 0.387. The molecule has 206 valence electrons. The number of methoxy groups -OCH3 is 1. The molecule has 2 unspecified atom stereocenters. The fourth-order valence-corrected chi connectivity index (χ4v) is 6.22. The minimum absolute atomic E-state index is 0.0489. The molecule has 0 spiro atoms. The molecule has 2 N–H and O–H groups in total. The number of para-hydroxylation sites is 1. The first-order chi connectivity index (χ1) is 19.1. The maximum atomic E-state index is 13.0. The number of rotatable bonds is 11. The van der Waals surface area contributed by atoms with Gasteiger partial charge in [-0.2, -0.15) is 0 Å². The number of amides is 1. The van der Waals surface area contributed by atoms with Crippen LogP contribution in [0.2, 0.25) is 0 Å². The second-order valence-electron chi connectivity index (χ2n) is 10.0. The molecule has 0 aliphatic carbocycles. The Kier molecular flexibility index (Phi) is 9.42. The molecule has 3 aromatic carbocycles. The van der Waals surface area contributed by atoms with Gasteiger partial charge in [-0.3, -0.25) is 9.69 Å². The molecule has 5 rings (SSSR count). The molecule has 1 saturated heterocycles. The summed E-state index contributed by atoms with van der Waals surface area (Å²) < 4.78 is 11.7. The van der Waals surface area contributed by atoms with Crippen molar-refractivity contribution in [2.75, 3.05) is 58.3 Å². The number of unbranched alkanes of at least 4 members (excludes halogenated alkanes) is 1. The molecule has 2 aliphatic heterocycles. The summed E-state index contributed by atoms with van der Waals surface area (Å²) in [4.78, 5) is 18.8. The summed E-state index contributed by atoms with van der Waals surface area (Å²) >= 11 is 1.54. The summed E-state index contributed by atoms with van der Waals surface area (Å²) in [7, 11) is 1.63. The molecular formula is C31H37N3O4S. The lowest BCUT2D eigenvalue weighted by Gasteiger charge is -2.35. The second kappa shape index (κ2) is 13.3. The molecule has 3 aromatic rings. The first kappa shape index (κ1) is 27.5. The van der Waals surface area contributed by atoms with E-state index in [0.717, 1.165) is 73.0 Å². The molecule has 0 radical (unpaired) electrons. The van der Waals surface area contributed by atoms with E-state index in [0.29, 0.717) is 18.9 Å². The zero-order chi connectivity index (χ0) is 27.0. The average Bonchev–Trinajstić information content (AvgIpc) is 2.98. The van der Waals surface area contributed by atoms with E-state index in [1.807, 2.05) is 72.8 Å². The maximum absolute atomic E-state index is 13.0. The van der Waals surface area contributed by atoms with Crippen LogP contribution in [0.4, 0.5) is 5.69 Å². The molecule has 39 heavy (non-hydrogen) atoms. The summed E-state index contributed by atoms with van der Waals surface area (Å²) in [6, 6.07) is 23.5. The molecule has 0 saturated carbocycles. The number of ether oxygens (including phenoxy) is 2. The summed E-state index contributed by atoms with van der Waals surface area (Å²) in [5.74, 6) is 1.39. The number of benzene rings is 3. The molecule has 7 nitrogen and oxygen atoms in total. The lowest BCUT2D eigenvalue weighted by molar-refractivity contribution is -0.115. The SMILES string of the molecule is COc1ccc(OCCCCN2CCN(CC(O)c3ccccc3)CC2)c(C2Sc3ccccc3NC2=O)c1. The van der Waals surface area contributed by atoms with Gasteiger partial charge in [0, 0.05) is 43.2 Å². The number of fused-ring (bicyclic) bond motifs is 1. The summed E-state index contributed by atoms with van der Waals surface area (Å²) in [6.07, 6.45) is 1.54. The number of hydrogen-bond donors (Lipinski definition) is 2. The van der Waals surface area contributed by atoms with Crippen molar-refractivity contribution in [2.24, 2.45) is 0 Å². The number of carbonyl (C=O) groups excluding carboxylic acids is 1. The average molecular weight is 548 g/mol. The smallest absolute Gasteiger partial charge is 0.242 e. The van der Waals surface area contributed by atoms with Crippen LogP contribution in [-0.2, 0) is 4.79 Å². The molecule has 2 atom stereocenters. The van der Waals surface area contributed by atoms with Crippen LogP contribution >= 0.6 is 11.8 Å². The highest BCUT2D eigenvalue weighted by atomic mass is 32.2. The van der Waals surface area contributed by atoms with Gasteiger partial charge in [0.05, 0.1) is 25.5 Å². The Labute approximate surface area is 235 Å². The number of nitrogens with zero attached hydrogens (tertiary/aromatic N) is 2. The van der Waals surface area contributed by atoms with Gasteiger partial charge in [-0.25, -0.2) is 0 Å². The quantitative estimate of drug-likeness (QED) is 0.328. The number of nitrogens with one attached hydrogen (secondary N) is 1. The Balaban J connectivity index is 1.08. The normalized spacial score (nSPS) is 18.7. The topological polar surface area (TPSA) is 74.3 Å². The van der Waals surface area contributed by atoms with Crippen molar-refractivity contribution in [3.8, 4) is 11.5 Å². The minimum Gasteiger partial charge on any atom is -0.497 e. The highest BCUT2D eigenvalue weighted by Gasteiger charge is 2.31. The Hall–Kier alpha value is -3.04. The third-order valence-electron chi connectivity index (χ3n) is 7.33. The van der Waals surface area contributed by atoms with Crippen molar-refractivity contribution < 1.29 is 19.4 Å². The number of thioether (sulfide) groups is 1. The van der Waals surface area contributed by atoms with E-state index in [-0.39, 0.29) is 5.91 Å². The van der Waals surface area contributed by atoms with E-state index in [2.05, 4.69) is 15.1 Å². The van der Waals surface area contributed by atoms with Crippen LogP contribution in [0.1, 0.15) is 35.3 Å². The molecular weight excluding hydrogens is 510 g/mol. The minimum atomic E-state index is -0.439. The Morgan fingerprint density at radius 2 is 1.72 bits per heavy atom. The largest absolute Gasteiger partial charge is 0.497 e. The molecule has 1 fully saturated rings. The number of carbonyl (C=O) groups is 1. The van der Waals surface area contributed by atoms with Crippen molar-refractivity contribution >= 4 is 23.4 Å². The third kappa shape index (κ3) is 7.13. The fourth-order valence-electron chi connectivity index (χ4n) is 5.09. The van der Waals surface area contributed by atoms with E-state index >= 15 is 0 Å². The van der Waals surface area contributed by atoms with Gasteiger partial charge < -0.3 is 24.8 Å². The molecule has 1 amide bonds. The standard InChI is InChI=1S/C31H37N3O4S/c1-37-24-13-14-28(25(21-24)30-31(36)32-26-11-5-6-12-29(26)39-30)38-20-8-7-15-33-16-18-34(19-17-33)22-27(35)23-9-3-2-4-10-23/h2-6,9-14,21,27,30,35H,7-8,15-20,22H2,1H3,(H,32,36). The van der Waals surface area contributed by atoms with Gasteiger partial charge in [-0.15, -0.1) is 11.8 Å². The lowest BCUT2D eigenvalue weighted by atomic mass is 10.1. The van der Waals surface area contributed by atoms with Crippen LogP contribution in [0, 0.1) is 0 Å². The van der Waals surface area contributed by atoms with Crippen LogP contribution in [0.25, 0.3) is 0 Å².